The zero-order valence-electron chi connectivity index (χ0n) is 17.9. The number of carbonyl (C=O) groups is 2. The van der Waals surface area contributed by atoms with E-state index in [9.17, 15) is 9.59 Å². The van der Waals surface area contributed by atoms with Crippen LogP contribution in [0.25, 0.3) is 0 Å². The van der Waals surface area contributed by atoms with Crippen LogP contribution in [0.3, 0.4) is 0 Å². The zero-order chi connectivity index (χ0) is 20.6. The number of rotatable bonds is 8. The fourth-order valence-electron chi connectivity index (χ4n) is 4.10. The summed E-state index contributed by atoms with van der Waals surface area (Å²) in [6.07, 6.45) is 6.62. The Morgan fingerprint density at radius 1 is 1.17 bits per heavy atom. The lowest BCUT2D eigenvalue weighted by Gasteiger charge is -2.30. The second kappa shape index (κ2) is 12.5. The first kappa shape index (κ1) is 25.0. The molecule has 0 radical (unpaired) electrons. The summed E-state index contributed by atoms with van der Waals surface area (Å²) in [6.45, 7) is 3.45. The van der Waals surface area contributed by atoms with Gasteiger partial charge in [-0.2, -0.15) is 11.8 Å². The number of hydrogen-bond acceptors (Lipinski definition) is 4. The van der Waals surface area contributed by atoms with Crippen LogP contribution in [-0.4, -0.2) is 59.9 Å². The van der Waals surface area contributed by atoms with Crippen molar-refractivity contribution in [2.24, 2.45) is 4.99 Å². The number of halogens is 1. The highest BCUT2D eigenvalue weighted by Gasteiger charge is 2.34. The predicted molar refractivity (Wildman–Crippen MR) is 135 cm³/mol. The molecule has 2 atom stereocenters. The maximum absolute atomic E-state index is 12.4. The average molecular weight is 545 g/mol. The third-order valence-corrected chi connectivity index (χ3v) is 6.80. The van der Waals surface area contributed by atoms with E-state index in [1.54, 1.807) is 31.3 Å². The van der Waals surface area contributed by atoms with E-state index in [4.69, 9.17) is 0 Å². The molecular weight excluding hydrogens is 511 g/mol. The first-order chi connectivity index (χ1) is 14.1. The van der Waals surface area contributed by atoms with Crippen LogP contribution in [0.5, 0.6) is 0 Å². The maximum atomic E-state index is 12.4. The SMILES string of the molecule is CCSC1CCCC(NC(=NC)NCCCCN2C(=O)c3ccccc3C2=O)C1.I. The van der Waals surface area contributed by atoms with Crippen LogP contribution in [-0.2, 0) is 0 Å². The summed E-state index contributed by atoms with van der Waals surface area (Å²) in [5.41, 5.74) is 1.04. The smallest absolute Gasteiger partial charge is 0.261 e. The van der Waals surface area contributed by atoms with Crippen molar-refractivity contribution >= 4 is 53.5 Å². The highest BCUT2D eigenvalue weighted by atomic mass is 127. The van der Waals surface area contributed by atoms with Crippen molar-refractivity contribution in [2.75, 3.05) is 25.9 Å². The Morgan fingerprint density at radius 2 is 1.87 bits per heavy atom. The van der Waals surface area contributed by atoms with E-state index in [-0.39, 0.29) is 35.8 Å². The van der Waals surface area contributed by atoms with Crippen molar-refractivity contribution in [1.82, 2.24) is 15.5 Å². The Labute approximate surface area is 201 Å². The topological polar surface area (TPSA) is 73.8 Å². The number of guanidine groups is 1. The van der Waals surface area contributed by atoms with Gasteiger partial charge in [-0.3, -0.25) is 19.5 Å². The van der Waals surface area contributed by atoms with Crippen LogP contribution in [0.4, 0.5) is 0 Å². The van der Waals surface area contributed by atoms with E-state index in [0.29, 0.717) is 23.7 Å². The number of aliphatic imine (C=N–C) groups is 1. The first-order valence-corrected chi connectivity index (χ1v) is 11.7. The number of unbranched alkanes of at least 4 members (excludes halogenated alkanes) is 1. The lowest BCUT2D eigenvalue weighted by molar-refractivity contribution is 0.0652. The van der Waals surface area contributed by atoms with Crippen LogP contribution >= 0.6 is 35.7 Å². The Hall–Kier alpha value is -1.29. The number of thioether (sulfide) groups is 1. The number of fused-ring (bicyclic) bond motifs is 1. The van der Waals surface area contributed by atoms with Gasteiger partial charge in [-0.05, 0) is 50.0 Å². The van der Waals surface area contributed by atoms with Crippen LogP contribution in [0.15, 0.2) is 29.3 Å². The largest absolute Gasteiger partial charge is 0.356 e. The minimum Gasteiger partial charge on any atom is -0.356 e. The fourth-order valence-corrected chi connectivity index (χ4v) is 5.27. The number of hydrogen-bond donors (Lipinski definition) is 2. The van der Waals surface area contributed by atoms with Crippen LogP contribution in [0, 0.1) is 0 Å². The molecule has 0 bridgehead atoms. The lowest BCUT2D eigenvalue weighted by atomic mass is 9.95. The summed E-state index contributed by atoms with van der Waals surface area (Å²) in [7, 11) is 1.80. The molecule has 1 heterocycles. The number of nitrogens with one attached hydrogen (secondary N) is 2. The normalized spacial score (nSPS) is 21.3. The molecule has 166 valence electrons. The Morgan fingerprint density at radius 3 is 2.50 bits per heavy atom. The predicted octanol–water partition coefficient (Wildman–Crippen LogP) is 3.91. The van der Waals surface area contributed by atoms with Gasteiger partial charge in [-0.15, -0.1) is 24.0 Å². The highest BCUT2D eigenvalue weighted by molar-refractivity contribution is 14.0. The molecule has 2 unspecified atom stereocenters. The van der Waals surface area contributed by atoms with Gasteiger partial charge >= 0.3 is 0 Å². The van der Waals surface area contributed by atoms with Gasteiger partial charge in [-0.25, -0.2) is 0 Å². The van der Waals surface area contributed by atoms with Crippen molar-refractivity contribution in [3.05, 3.63) is 35.4 Å². The second-order valence-corrected chi connectivity index (χ2v) is 9.18. The molecule has 1 aliphatic heterocycles. The number of nitrogens with zero attached hydrogens (tertiary/aromatic N) is 2. The molecule has 1 aromatic rings. The van der Waals surface area contributed by atoms with Crippen LogP contribution < -0.4 is 10.6 Å². The molecule has 3 rings (SSSR count). The lowest BCUT2D eigenvalue weighted by Crippen LogP contribution is -2.46. The molecule has 1 aliphatic carbocycles. The first-order valence-electron chi connectivity index (χ1n) is 10.7. The molecule has 0 aromatic heterocycles. The summed E-state index contributed by atoms with van der Waals surface area (Å²) in [4.78, 5) is 30.5. The van der Waals surface area contributed by atoms with E-state index >= 15 is 0 Å². The van der Waals surface area contributed by atoms with Crippen molar-refractivity contribution in [1.29, 1.82) is 0 Å². The molecule has 0 spiro atoms. The average Bonchev–Trinajstić information content (AvgIpc) is 2.98. The van der Waals surface area contributed by atoms with Gasteiger partial charge in [0.25, 0.3) is 11.8 Å². The fraction of sp³-hybridized carbons (Fsp3) is 0.591. The van der Waals surface area contributed by atoms with Crippen LogP contribution in [0.2, 0.25) is 0 Å². The second-order valence-electron chi connectivity index (χ2n) is 7.60. The molecule has 8 heteroatoms. The van der Waals surface area contributed by atoms with Crippen molar-refractivity contribution in [2.45, 2.75) is 56.7 Å². The van der Waals surface area contributed by atoms with Crippen molar-refractivity contribution in [3.63, 3.8) is 0 Å². The summed E-state index contributed by atoms with van der Waals surface area (Å²) in [6, 6.07) is 7.53. The quantitative estimate of drug-likeness (QED) is 0.171. The molecule has 1 aromatic carbocycles. The van der Waals surface area contributed by atoms with E-state index in [1.807, 2.05) is 0 Å². The van der Waals surface area contributed by atoms with Crippen molar-refractivity contribution < 1.29 is 9.59 Å². The standard InChI is InChI=1S/C22H32N4O2S.HI/c1-3-29-17-10-8-9-16(15-17)25-22(23-2)24-13-6-7-14-26-20(27)18-11-4-5-12-19(18)21(26)28;/h4-5,11-12,16-17H,3,6-10,13-15H2,1-2H3,(H2,23,24,25);1H. The van der Waals surface area contributed by atoms with Gasteiger partial charge < -0.3 is 10.6 Å². The number of benzene rings is 1. The third kappa shape index (κ3) is 6.35. The molecule has 6 nitrogen and oxygen atoms in total. The summed E-state index contributed by atoms with van der Waals surface area (Å²) in [5.74, 6) is 1.68. The molecule has 0 saturated heterocycles. The van der Waals surface area contributed by atoms with Gasteiger partial charge in [0.1, 0.15) is 0 Å². The summed E-state index contributed by atoms with van der Waals surface area (Å²) in [5, 5.41) is 7.68. The number of carbonyl (C=O) groups excluding carboxylic acids is 2. The van der Waals surface area contributed by atoms with Gasteiger partial charge in [-0.1, -0.05) is 25.5 Å². The van der Waals surface area contributed by atoms with Crippen LogP contribution in [0.1, 0.15) is 66.2 Å². The summed E-state index contributed by atoms with van der Waals surface area (Å²) < 4.78 is 0. The van der Waals surface area contributed by atoms with E-state index in [1.165, 1.54) is 36.3 Å². The Bertz CT molecular complexity index is 721. The molecule has 1 saturated carbocycles. The Balaban J connectivity index is 0.00000320. The third-order valence-electron chi connectivity index (χ3n) is 5.57. The molecule has 1 fully saturated rings. The number of amides is 2. The van der Waals surface area contributed by atoms with E-state index in [2.05, 4.69) is 34.3 Å². The molecule has 30 heavy (non-hydrogen) atoms. The Kier molecular flexibility index (Phi) is 10.4. The monoisotopic (exact) mass is 544 g/mol. The van der Waals surface area contributed by atoms with E-state index in [0.717, 1.165) is 30.6 Å². The van der Waals surface area contributed by atoms with Crippen molar-refractivity contribution in [3.8, 4) is 0 Å². The molecule has 2 N–H and O–H groups in total. The maximum Gasteiger partial charge on any atom is 0.261 e. The zero-order valence-corrected chi connectivity index (χ0v) is 21.0. The van der Waals surface area contributed by atoms with Gasteiger partial charge in [0, 0.05) is 31.4 Å². The minimum absolute atomic E-state index is 0. The van der Waals surface area contributed by atoms with E-state index < -0.39 is 0 Å². The minimum atomic E-state index is -0.173. The molecule has 2 aliphatic rings. The van der Waals surface area contributed by atoms with Gasteiger partial charge in [0.2, 0.25) is 0 Å². The molecule has 2 amide bonds. The molecular formula is C22H33IN4O2S. The highest BCUT2D eigenvalue weighted by Crippen LogP contribution is 2.28. The summed E-state index contributed by atoms with van der Waals surface area (Å²) >= 11 is 2.06. The number of imide groups is 1. The van der Waals surface area contributed by atoms with Gasteiger partial charge in [0.15, 0.2) is 5.96 Å². The van der Waals surface area contributed by atoms with Gasteiger partial charge in [0.05, 0.1) is 11.1 Å².